The molecule has 5 nitrogen and oxygen atoms in total. The highest BCUT2D eigenvalue weighted by Crippen LogP contribution is 2.33. The number of hydrogen-bond donors (Lipinski definition) is 2. The minimum Gasteiger partial charge on any atom is -0.381 e. The smallest absolute Gasteiger partial charge is 0.254 e. The van der Waals surface area contributed by atoms with Gasteiger partial charge in [0, 0.05) is 33.6 Å². The third-order valence-corrected chi connectivity index (χ3v) is 7.27. The van der Waals surface area contributed by atoms with E-state index in [0.29, 0.717) is 28.7 Å². The van der Waals surface area contributed by atoms with E-state index < -0.39 is 0 Å². The van der Waals surface area contributed by atoms with Crippen LogP contribution < -0.4 is 10.9 Å². The lowest BCUT2D eigenvalue weighted by Crippen LogP contribution is -2.17. The predicted octanol–water partition coefficient (Wildman–Crippen LogP) is 7.32. The molecule has 182 valence electrons. The molecule has 2 heterocycles. The average molecular weight is 489 g/mol. The first-order valence-corrected chi connectivity index (χ1v) is 12.9. The first-order chi connectivity index (χ1) is 16.8. The number of aromatic nitrogens is 3. The van der Waals surface area contributed by atoms with Gasteiger partial charge in [-0.15, -0.1) is 0 Å². The zero-order valence-corrected chi connectivity index (χ0v) is 21.5. The quantitative estimate of drug-likeness (QED) is 0.309. The van der Waals surface area contributed by atoms with Crippen LogP contribution in [0.3, 0.4) is 0 Å². The van der Waals surface area contributed by atoms with Crippen LogP contribution in [-0.4, -0.2) is 14.8 Å². The lowest BCUT2D eigenvalue weighted by molar-refractivity contribution is 0.443. The van der Waals surface area contributed by atoms with E-state index in [-0.39, 0.29) is 11.0 Å². The maximum atomic E-state index is 13.1. The second kappa shape index (κ2) is 9.54. The summed E-state index contributed by atoms with van der Waals surface area (Å²) in [6.07, 6.45) is 6.62. The first kappa shape index (κ1) is 23.7. The molecule has 35 heavy (non-hydrogen) atoms. The van der Waals surface area contributed by atoms with E-state index in [4.69, 9.17) is 16.7 Å². The molecule has 1 saturated carbocycles. The Hall–Kier alpha value is -3.05. The Kier molecular flexibility index (Phi) is 6.45. The van der Waals surface area contributed by atoms with Crippen LogP contribution in [0.4, 0.5) is 5.69 Å². The summed E-state index contributed by atoms with van der Waals surface area (Å²) >= 11 is 6.08. The normalized spacial score (nSPS) is 15.0. The summed E-state index contributed by atoms with van der Waals surface area (Å²) in [5.41, 5.74) is 5.34. The van der Waals surface area contributed by atoms with Gasteiger partial charge in [0.15, 0.2) is 0 Å². The second-order valence-corrected chi connectivity index (χ2v) is 11.1. The molecule has 5 rings (SSSR count). The van der Waals surface area contributed by atoms with Crippen LogP contribution in [0.25, 0.3) is 16.7 Å². The summed E-state index contributed by atoms with van der Waals surface area (Å²) in [5, 5.41) is 9.95. The zero-order chi connectivity index (χ0) is 24.6. The largest absolute Gasteiger partial charge is 0.381 e. The van der Waals surface area contributed by atoms with Crippen molar-refractivity contribution in [1.82, 2.24) is 14.8 Å². The molecule has 0 amide bonds. The maximum absolute atomic E-state index is 13.1. The summed E-state index contributed by atoms with van der Waals surface area (Å²) in [6.45, 7) is 6.86. The molecule has 0 saturated heterocycles. The maximum Gasteiger partial charge on any atom is 0.254 e. The Labute approximate surface area is 211 Å². The molecular weight excluding hydrogens is 456 g/mol. The van der Waals surface area contributed by atoms with Crippen molar-refractivity contribution in [3.05, 3.63) is 86.8 Å². The molecule has 1 aliphatic carbocycles. The van der Waals surface area contributed by atoms with Crippen molar-refractivity contribution >= 4 is 28.3 Å². The van der Waals surface area contributed by atoms with Gasteiger partial charge in [0.25, 0.3) is 5.56 Å². The Morgan fingerprint density at radius 3 is 2.37 bits per heavy atom. The third kappa shape index (κ3) is 5.01. The van der Waals surface area contributed by atoms with Crippen molar-refractivity contribution in [2.45, 2.75) is 70.8 Å². The molecule has 4 aromatic rings. The number of nitrogens with one attached hydrogen (secondary N) is 2. The number of rotatable bonds is 5. The number of aromatic amines is 1. The van der Waals surface area contributed by atoms with Crippen LogP contribution in [0.1, 0.15) is 75.6 Å². The second-order valence-electron chi connectivity index (χ2n) is 10.7. The van der Waals surface area contributed by atoms with Crippen LogP contribution in [0.5, 0.6) is 0 Å². The van der Waals surface area contributed by atoms with Crippen molar-refractivity contribution < 1.29 is 0 Å². The van der Waals surface area contributed by atoms with Gasteiger partial charge in [0.2, 0.25) is 0 Å². The topological polar surface area (TPSA) is 62.7 Å². The van der Waals surface area contributed by atoms with Crippen LogP contribution in [0.15, 0.2) is 59.4 Å². The summed E-state index contributed by atoms with van der Waals surface area (Å²) in [7, 11) is 0. The van der Waals surface area contributed by atoms with Gasteiger partial charge in [0.1, 0.15) is 5.65 Å². The van der Waals surface area contributed by atoms with Crippen LogP contribution in [0.2, 0.25) is 5.02 Å². The van der Waals surface area contributed by atoms with Crippen molar-refractivity contribution in [2.75, 3.05) is 5.32 Å². The van der Waals surface area contributed by atoms with Gasteiger partial charge in [-0.2, -0.15) is 5.10 Å². The Bertz CT molecular complexity index is 1370. The molecule has 2 N–H and O–H groups in total. The number of benzene rings is 2. The predicted molar refractivity (Wildman–Crippen MR) is 145 cm³/mol. The Morgan fingerprint density at radius 2 is 1.71 bits per heavy atom. The summed E-state index contributed by atoms with van der Waals surface area (Å²) < 4.78 is 1.80. The SMILES string of the molecule is CC(C)(C)c1nn(-c2ccc(Cl)cc2)c2[nH]c(=O)c(CNc3ccc(C4CCCCC4)cc3)cc12. The molecule has 1 fully saturated rings. The van der Waals surface area contributed by atoms with Crippen LogP contribution in [-0.2, 0) is 12.0 Å². The molecule has 0 atom stereocenters. The number of hydrogen-bond acceptors (Lipinski definition) is 3. The monoisotopic (exact) mass is 488 g/mol. The zero-order valence-electron chi connectivity index (χ0n) is 20.7. The van der Waals surface area contributed by atoms with Crippen molar-refractivity contribution in [1.29, 1.82) is 0 Å². The lowest BCUT2D eigenvalue weighted by atomic mass is 9.84. The Morgan fingerprint density at radius 1 is 1.03 bits per heavy atom. The molecule has 2 aromatic heterocycles. The van der Waals surface area contributed by atoms with Gasteiger partial charge in [-0.1, -0.05) is 63.8 Å². The number of nitrogens with zero attached hydrogens (tertiary/aromatic N) is 2. The average Bonchev–Trinajstić information content (AvgIpc) is 3.23. The fourth-order valence-electron chi connectivity index (χ4n) is 5.08. The van der Waals surface area contributed by atoms with E-state index in [9.17, 15) is 4.79 Å². The van der Waals surface area contributed by atoms with E-state index in [2.05, 4.69) is 55.3 Å². The summed E-state index contributed by atoms with van der Waals surface area (Å²) in [4.78, 5) is 16.1. The number of fused-ring (bicyclic) bond motifs is 1. The first-order valence-electron chi connectivity index (χ1n) is 12.5. The number of pyridine rings is 1. The van der Waals surface area contributed by atoms with E-state index in [0.717, 1.165) is 22.5 Å². The molecule has 0 bridgehead atoms. The molecule has 0 spiro atoms. The van der Waals surface area contributed by atoms with Gasteiger partial charge in [-0.3, -0.25) is 4.79 Å². The highest BCUT2D eigenvalue weighted by Gasteiger charge is 2.24. The highest BCUT2D eigenvalue weighted by molar-refractivity contribution is 6.30. The van der Waals surface area contributed by atoms with E-state index in [1.54, 1.807) is 4.68 Å². The third-order valence-electron chi connectivity index (χ3n) is 7.02. The minimum absolute atomic E-state index is 0.112. The molecule has 2 aromatic carbocycles. The van der Waals surface area contributed by atoms with Gasteiger partial charge < -0.3 is 10.3 Å². The highest BCUT2D eigenvalue weighted by atomic mass is 35.5. The van der Waals surface area contributed by atoms with Gasteiger partial charge in [-0.05, 0) is 66.8 Å². The standard InChI is InChI=1S/C29H33ClN4O/c1-29(2,3)26-25-17-21(18-31-23-13-9-20(10-14-23)19-7-5-4-6-8-19)28(35)32-27(25)34(33-26)24-15-11-22(30)12-16-24/h9-17,19,31H,4-8,18H2,1-3H3,(H,32,35). The summed E-state index contributed by atoms with van der Waals surface area (Å²) in [6, 6.07) is 18.2. The number of anilines is 1. The van der Waals surface area contributed by atoms with Crippen molar-refractivity contribution in [2.24, 2.45) is 0 Å². The van der Waals surface area contributed by atoms with Crippen LogP contribution >= 0.6 is 11.6 Å². The van der Waals surface area contributed by atoms with E-state index in [1.165, 1.54) is 37.7 Å². The Balaban J connectivity index is 1.43. The fraction of sp³-hybridized carbons (Fsp3) is 0.379. The molecule has 0 radical (unpaired) electrons. The van der Waals surface area contributed by atoms with Crippen LogP contribution in [0, 0.1) is 0 Å². The van der Waals surface area contributed by atoms with Gasteiger partial charge in [0.05, 0.1) is 11.4 Å². The molecule has 1 aliphatic rings. The van der Waals surface area contributed by atoms with Crippen molar-refractivity contribution in [3.63, 3.8) is 0 Å². The molecule has 0 unspecified atom stereocenters. The number of H-pyrrole nitrogens is 1. The molecule has 0 aliphatic heterocycles. The molecular formula is C29H33ClN4O. The van der Waals surface area contributed by atoms with Crippen molar-refractivity contribution in [3.8, 4) is 5.69 Å². The summed E-state index contributed by atoms with van der Waals surface area (Å²) in [5.74, 6) is 0.691. The molecule has 6 heteroatoms. The lowest BCUT2D eigenvalue weighted by Gasteiger charge is -2.22. The van der Waals surface area contributed by atoms with E-state index >= 15 is 0 Å². The minimum atomic E-state index is -0.187. The fourth-order valence-corrected chi connectivity index (χ4v) is 5.20. The van der Waals surface area contributed by atoms with E-state index in [1.807, 2.05) is 30.3 Å². The number of halogens is 1. The van der Waals surface area contributed by atoms with Gasteiger partial charge >= 0.3 is 0 Å². The van der Waals surface area contributed by atoms with Gasteiger partial charge in [-0.25, -0.2) is 4.68 Å².